The molecule has 0 aliphatic carbocycles. The molecule has 0 bridgehead atoms. The van der Waals surface area contributed by atoms with E-state index in [0.29, 0.717) is 6.04 Å². The van der Waals surface area contributed by atoms with Crippen LogP contribution in [0.2, 0.25) is 0 Å². The molecule has 1 aromatic heterocycles. The molecule has 0 spiro atoms. The molecule has 0 saturated heterocycles. The lowest BCUT2D eigenvalue weighted by atomic mass is 9.96. The number of Topliss-reactive ketones (excluding diaryl/α,β-unsaturated/α-hetero) is 1. The SMILES string of the molecule is COc1ccc2c3c([nH]c2c1)C(C)N(CC(C)C(C)=O)CC3. The van der Waals surface area contributed by atoms with E-state index in [1.54, 1.807) is 14.0 Å². The number of fused-ring (bicyclic) bond motifs is 3. The molecule has 2 aromatic rings. The van der Waals surface area contributed by atoms with Gasteiger partial charge in [-0.3, -0.25) is 9.69 Å². The lowest BCUT2D eigenvalue weighted by molar-refractivity contribution is -0.121. The van der Waals surface area contributed by atoms with Crippen LogP contribution in [0.25, 0.3) is 10.9 Å². The minimum Gasteiger partial charge on any atom is -0.497 e. The van der Waals surface area contributed by atoms with Gasteiger partial charge in [-0.05, 0) is 38.0 Å². The summed E-state index contributed by atoms with van der Waals surface area (Å²) in [6.07, 6.45) is 1.02. The van der Waals surface area contributed by atoms with Gasteiger partial charge in [-0.15, -0.1) is 0 Å². The van der Waals surface area contributed by atoms with Crippen molar-refractivity contribution in [3.05, 3.63) is 29.5 Å². The fraction of sp³-hybridized carbons (Fsp3) is 0.500. The molecular weight excluding hydrogens is 276 g/mol. The van der Waals surface area contributed by atoms with Crippen LogP contribution in [0, 0.1) is 5.92 Å². The second kappa shape index (κ2) is 5.76. The van der Waals surface area contributed by atoms with Crippen molar-refractivity contribution in [3.8, 4) is 5.75 Å². The van der Waals surface area contributed by atoms with E-state index < -0.39 is 0 Å². The molecule has 2 heterocycles. The van der Waals surface area contributed by atoms with Crippen LogP contribution in [0.15, 0.2) is 18.2 Å². The smallest absolute Gasteiger partial charge is 0.133 e. The molecule has 2 atom stereocenters. The summed E-state index contributed by atoms with van der Waals surface area (Å²) in [5, 5.41) is 1.29. The number of carbonyl (C=O) groups is 1. The fourth-order valence-corrected chi connectivity index (χ4v) is 3.37. The first-order valence-electron chi connectivity index (χ1n) is 7.94. The lowest BCUT2D eigenvalue weighted by Crippen LogP contribution is -2.38. The zero-order chi connectivity index (χ0) is 15.9. The van der Waals surface area contributed by atoms with E-state index in [-0.39, 0.29) is 11.7 Å². The standard InChI is InChI=1S/C18H24N2O2/c1-11(13(3)21)10-20-8-7-16-15-6-5-14(22-4)9-17(15)19-18(16)12(20)2/h5-6,9,11-12,19H,7-8,10H2,1-4H3. The summed E-state index contributed by atoms with van der Waals surface area (Å²) in [4.78, 5) is 17.5. The number of hydrogen-bond acceptors (Lipinski definition) is 3. The van der Waals surface area contributed by atoms with Gasteiger partial charge in [0.25, 0.3) is 0 Å². The van der Waals surface area contributed by atoms with E-state index >= 15 is 0 Å². The van der Waals surface area contributed by atoms with Gasteiger partial charge >= 0.3 is 0 Å². The van der Waals surface area contributed by atoms with E-state index in [0.717, 1.165) is 30.8 Å². The number of H-pyrrole nitrogens is 1. The highest BCUT2D eigenvalue weighted by Crippen LogP contribution is 2.35. The predicted molar refractivity (Wildman–Crippen MR) is 88.4 cm³/mol. The molecule has 3 rings (SSSR count). The van der Waals surface area contributed by atoms with Gasteiger partial charge in [-0.2, -0.15) is 0 Å². The van der Waals surface area contributed by atoms with Crippen LogP contribution in [-0.4, -0.2) is 35.9 Å². The van der Waals surface area contributed by atoms with Gasteiger partial charge < -0.3 is 9.72 Å². The summed E-state index contributed by atoms with van der Waals surface area (Å²) in [6, 6.07) is 6.53. The van der Waals surface area contributed by atoms with Crippen molar-refractivity contribution in [1.29, 1.82) is 0 Å². The quantitative estimate of drug-likeness (QED) is 0.942. The highest BCUT2D eigenvalue weighted by molar-refractivity contribution is 5.86. The zero-order valence-electron chi connectivity index (χ0n) is 13.8. The van der Waals surface area contributed by atoms with Crippen LogP contribution in [0.5, 0.6) is 5.75 Å². The topological polar surface area (TPSA) is 45.3 Å². The molecule has 0 radical (unpaired) electrons. The van der Waals surface area contributed by atoms with Gasteiger partial charge in [-0.1, -0.05) is 6.92 Å². The van der Waals surface area contributed by atoms with E-state index in [1.807, 2.05) is 13.0 Å². The normalized spacial score (nSPS) is 19.9. The molecule has 1 aromatic carbocycles. The Hall–Kier alpha value is -1.81. The van der Waals surface area contributed by atoms with Crippen molar-refractivity contribution in [2.45, 2.75) is 33.2 Å². The molecule has 1 N–H and O–H groups in total. The minimum absolute atomic E-state index is 0.0912. The Bertz CT molecular complexity index is 704. The molecule has 4 nitrogen and oxygen atoms in total. The lowest BCUT2D eigenvalue weighted by Gasteiger charge is -2.34. The number of rotatable bonds is 4. The maximum Gasteiger partial charge on any atom is 0.133 e. The molecule has 22 heavy (non-hydrogen) atoms. The highest BCUT2D eigenvalue weighted by Gasteiger charge is 2.28. The van der Waals surface area contributed by atoms with Gasteiger partial charge in [0, 0.05) is 47.7 Å². The Morgan fingerprint density at radius 2 is 2.27 bits per heavy atom. The number of ether oxygens (including phenoxy) is 1. The minimum atomic E-state index is 0.0912. The average molecular weight is 300 g/mol. The first kappa shape index (κ1) is 15.1. The molecular formula is C18H24N2O2. The largest absolute Gasteiger partial charge is 0.497 e. The van der Waals surface area contributed by atoms with Crippen LogP contribution >= 0.6 is 0 Å². The van der Waals surface area contributed by atoms with Crippen molar-refractivity contribution < 1.29 is 9.53 Å². The molecule has 0 fully saturated rings. The summed E-state index contributed by atoms with van der Waals surface area (Å²) in [7, 11) is 1.69. The summed E-state index contributed by atoms with van der Waals surface area (Å²) in [5.74, 6) is 1.23. The number of carbonyl (C=O) groups excluding carboxylic acids is 1. The summed E-state index contributed by atoms with van der Waals surface area (Å²) in [5.41, 5.74) is 3.83. The maximum atomic E-state index is 11.5. The van der Waals surface area contributed by atoms with Crippen LogP contribution in [-0.2, 0) is 11.2 Å². The number of ketones is 1. The first-order valence-corrected chi connectivity index (χ1v) is 7.94. The molecule has 0 saturated carbocycles. The van der Waals surface area contributed by atoms with Crippen molar-refractivity contribution in [2.75, 3.05) is 20.2 Å². The van der Waals surface area contributed by atoms with Crippen molar-refractivity contribution >= 4 is 16.7 Å². The third-order valence-electron chi connectivity index (χ3n) is 4.96. The van der Waals surface area contributed by atoms with Crippen LogP contribution in [0.4, 0.5) is 0 Å². The first-order chi connectivity index (χ1) is 10.5. The van der Waals surface area contributed by atoms with Crippen molar-refractivity contribution in [1.82, 2.24) is 9.88 Å². The zero-order valence-corrected chi connectivity index (χ0v) is 13.8. The van der Waals surface area contributed by atoms with E-state index in [4.69, 9.17) is 4.74 Å². The maximum absolute atomic E-state index is 11.5. The number of nitrogens with zero attached hydrogens (tertiary/aromatic N) is 1. The molecule has 0 amide bonds. The van der Waals surface area contributed by atoms with E-state index in [9.17, 15) is 4.79 Å². The number of benzene rings is 1. The number of aromatic amines is 1. The highest BCUT2D eigenvalue weighted by atomic mass is 16.5. The summed E-state index contributed by atoms with van der Waals surface area (Å²) in [6.45, 7) is 7.75. The number of aromatic nitrogens is 1. The van der Waals surface area contributed by atoms with Gasteiger partial charge in [0.1, 0.15) is 11.5 Å². The third kappa shape index (κ3) is 2.52. The summed E-state index contributed by atoms with van der Waals surface area (Å²) >= 11 is 0. The van der Waals surface area contributed by atoms with Crippen LogP contribution in [0.3, 0.4) is 0 Å². The Morgan fingerprint density at radius 3 is 2.95 bits per heavy atom. The van der Waals surface area contributed by atoms with Gasteiger partial charge in [-0.25, -0.2) is 0 Å². The fourth-order valence-electron chi connectivity index (χ4n) is 3.37. The third-order valence-corrected chi connectivity index (χ3v) is 4.96. The molecule has 1 aliphatic heterocycles. The Kier molecular flexibility index (Phi) is 3.96. The van der Waals surface area contributed by atoms with Gasteiger partial charge in [0.05, 0.1) is 7.11 Å². The van der Waals surface area contributed by atoms with Gasteiger partial charge in [0.15, 0.2) is 0 Å². The molecule has 2 unspecified atom stereocenters. The van der Waals surface area contributed by atoms with Gasteiger partial charge in [0.2, 0.25) is 0 Å². The number of hydrogen-bond donors (Lipinski definition) is 1. The van der Waals surface area contributed by atoms with Crippen molar-refractivity contribution in [2.24, 2.45) is 5.92 Å². The molecule has 4 heteroatoms. The summed E-state index contributed by atoms with van der Waals surface area (Å²) < 4.78 is 5.31. The Labute approximate surface area is 131 Å². The van der Waals surface area contributed by atoms with E-state index in [2.05, 4.69) is 28.9 Å². The van der Waals surface area contributed by atoms with Crippen LogP contribution < -0.4 is 4.74 Å². The van der Waals surface area contributed by atoms with E-state index in [1.165, 1.54) is 16.6 Å². The second-order valence-corrected chi connectivity index (χ2v) is 6.36. The van der Waals surface area contributed by atoms with Crippen molar-refractivity contribution in [3.63, 3.8) is 0 Å². The Balaban J connectivity index is 1.92. The Morgan fingerprint density at radius 1 is 1.50 bits per heavy atom. The molecule has 118 valence electrons. The number of nitrogens with one attached hydrogen (secondary N) is 1. The monoisotopic (exact) mass is 300 g/mol. The van der Waals surface area contributed by atoms with Crippen LogP contribution in [0.1, 0.15) is 38.1 Å². The predicted octanol–water partition coefficient (Wildman–Crippen LogP) is 3.32. The second-order valence-electron chi connectivity index (χ2n) is 6.36. The number of methoxy groups -OCH3 is 1. The molecule has 1 aliphatic rings. The average Bonchev–Trinajstić information content (AvgIpc) is 2.88.